The van der Waals surface area contributed by atoms with Crippen molar-refractivity contribution in [3.63, 3.8) is 0 Å². The van der Waals surface area contributed by atoms with Crippen molar-refractivity contribution in [3.05, 3.63) is 291 Å². The molecule has 0 aliphatic heterocycles. The summed E-state index contributed by atoms with van der Waals surface area (Å²) in [6, 6.07) is 96.0. The van der Waals surface area contributed by atoms with E-state index in [1.807, 2.05) is 485 Å². The van der Waals surface area contributed by atoms with Gasteiger partial charge in [-0.25, -0.2) is 0 Å². The first kappa shape index (κ1) is 148. The maximum absolute atomic E-state index is 9.70. The van der Waals surface area contributed by atoms with E-state index in [9.17, 15) is 24.0 Å². The highest BCUT2D eigenvalue weighted by atomic mass is 16.2. The number of carbonyl (C=O) groups is 5. The maximum Gasteiger partial charge on any atom is 0.216 e. The van der Waals surface area contributed by atoms with Gasteiger partial charge in [-0.3, -0.25) is 24.0 Å². The van der Waals surface area contributed by atoms with Crippen LogP contribution in [0.1, 0.15) is 236 Å². The lowest BCUT2D eigenvalue weighted by Gasteiger charge is -1.80. The van der Waals surface area contributed by atoms with Gasteiger partial charge in [0.1, 0.15) is 0 Å². The summed E-state index contributed by atoms with van der Waals surface area (Å²) in [6.45, 7) is 63.4. The van der Waals surface area contributed by atoms with Crippen molar-refractivity contribution in [2.75, 3.05) is 35.2 Å². The number of benzene rings is 8. The van der Waals surface area contributed by atoms with E-state index in [0.29, 0.717) is 0 Å². The van der Waals surface area contributed by atoms with Gasteiger partial charge >= 0.3 is 0 Å². The van der Waals surface area contributed by atoms with Crippen LogP contribution in [0.3, 0.4) is 0 Å². The van der Waals surface area contributed by atoms with Crippen molar-refractivity contribution in [1.29, 1.82) is 0 Å². The Kier molecular flexibility index (Phi) is 317. The van der Waals surface area contributed by atoms with Crippen LogP contribution in [0.25, 0.3) is 0 Å². The van der Waals surface area contributed by atoms with E-state index in [0.717, 1.165) is 0 Å². The Bertz CT molecular complexity index is 1510. The number of nitrogens with one attached hydrogen (secondary N) is 5. The van der Waals surface area contributed by atoms with E-state index in [2.05, 4.69) is 26.6 Å². The van der Waals surface area contributed by atoms with E-state index in [1.165, 1.54) is 34.6 Å². The molecule has 10 nitrogen and oxygen atoms in total. The Labute approximate surface area is 639 Å². The van der Waals surface area contributed by atoms with Crippen molar-refractivity contribution in [2.24, 2.45) is 0 Å². The van der Waals surface area contributed by atoms with Crippen molar-refractivity contribution in [2.45, 2.75) is 236 Å². The van der Waals surface area contributed by atoms with Gasteiger partial charge in [-0.15, -0.1) is 0 Å². The zero-order valence-corrected chi connectivity index (χ0v) is 72.8. The van der Waals surface area contributed by atoms with Crippen molar-refractivity contribution in [1.82, 2.24) is 26.6 Å². The molecule has 0 saturated carbocycles. The molecule has 0 bridgehead atoms. The largest absolute Gasteiger partial charge is 0.359 e. The van der Waals surface area contributed by atoms with Crippen LogP contribution in [0.5, 0.6) is 0 Å². The van der Waals surface area contributed by atoms with Gasteiger partial charge < -0.3 is 26.6 Å². The van der Waals surface area contributed by atoms with Gasteiger partial charge in [0.15, 0.2) is 0 Å². The van der Waals surface area contributed by atoms with Gasteiger partial charge in [0, 0.05) is 69.9 Å². The lowest BCUT2D eigenvalue weighted by molar-refractivity contribution is -0.119. The Hall–Kier alpha value is -8.89. The molecule has 0 spiro atoms. The molecular formula is C92H171N5O5. The molecule has 0 atom stereocenters. The molecular weight excluding hydrogens is 1260 g/mol. The number of rotatable bonds is 0. The lowest BCUT2D eigenvalue weighted by atomic mass is 10.4. The van der Waals surface area contributed by atoms with Crippen molar-refractivity contribution < 1.29 is 24.0 Å². The maximum atomic E-state index is 9.70. The Morgan fingerprint density at radius 2 is 0.147 bits per heavy atom. The smallest absolute Gasteiger partial charge is 0.216 e. The highest BCUT2D eigenvalue weighted by molar-refractivity contribution is 5.73. The molecule has 10 heteroatoms. The second-order valence-corrected chi connectivity index (χ2v) is 13.3. The van der Waals surface area contributed by atoms with Crippen LogP contribution in [-0.4, -0.2) is 64.8 Å². The van der Waals surface area contributed by atoms with Crippen LogP contribution in [0, 0.1) is 0 Å². The minimum absolute atomic E-state index is 0. The average Bonchev–Trinajstić information content (AvgIpc) is 3.98. The molecule has 5 amide bonds. The summed E-state index contributed by atoms with van der Waals surface area (Å²) >= 11 is 0. The van der Waals surface area contributed by atoms with Gasteiger partial charge in [-0.05, 0) is 0 Å². The van der Waals surface area contributed by atoms with Crippen LogP contribution in [0.15, 0.2) is 291 Å². The van der Waals surface area contributed by atoms with Gasteiger partial charge in [0.25, 0.3) is 0 Å². The fourth-order valence-corrected chi connectivity index (χ4v) is 3.08. The average molecular weight is 1430 g/mol. The zero-order valence-electron chi connectivity index (χ0n) is 72.8. The van der Waals surface area contributed by atoms with Crippen molar-refractivity contribution in [3.8, 4) is 0 Å². The van der Waals surface area contributed by atoms with Gasteiger partial charge in [0.2, 0.25) is 29.5 Å². The molecule has 0 heterocycles. The molecule has 8 aromatic rings. The van der Waals surface area contributed by atoms with Crippen molar-refractivity contribution >= 4 is 29.5 Å². The molecule has 0 aliphatic rings. The summed E-state index contributed by atoms with van der Waals surface area (Å²) in [4.78, 5) is 48.5. The molecule has 594 valence electrons. The highest BCUT2D eigenvalue weighted by Crippen LogP contribution is 1.84. The summed E-state index contributed by atoms with van der Waals surface area (Å²) in [6.07, 6.45) is 0. The standard InChI is InChI=1S/8C6H6.5C3H7NO.14C2H6.CH4/c8*1-2-4-6-5-3-1;5*1-3(5)4-2;14*1-2;/h8*1-6H;5*1-2H3,(H,4,5);14*1-2H3;1H4. The van der Waals surface area contributed by atoms with Gasteiger partial charge in [-0.2, -0.15) is 0 Å². The lowest BCUT2D eigenvalue weighted by Crippen LogP contribution is -2.11. The summed E-state index contributed by atoms with van der Waals surface area (Å²) < 4.78 is 0. The number of amides is 5. The Balaban J connectivity index is -0.0000000385. The summed E-state index contributed by atoms with van der Waals surface area (Å²) in [5.41, 5.74) is 0. The number of hydrogen-bond donors (Lipinski definition) is 5. The fourth-order valence-electron chi connectivity index (χ4n) is 3.08. The molecule has 8 aromatic carbocycles. The van der Waals surface area contributed by atoms with Gasteiger partial charge in [-0.1, -0.05) is 492 Å². The SMILES string of the molecule is C.CC.CC.CC.CC.CC.CC.CC.CC.CC.CC.CC.CC.CC.CC.CNC(C)=O.CNC(C)=O.CNC(C)=O.CNC(C)=O.CNC(C)=O.c1ccccc1.c1ccccc1.c1ccccc1.c1ccccc1.c1ccccc1.c1ccccc1.c1ccccc1.c1ccccc1. The van der Waals surface area contributed by atoms with Crippen LogP contribution < -0.4 is 26.6 Å². The molecule has 5 N–H and O–H groups in total. The molecule has 0 aliphatic carbocycles. The second-order valence-electron chi connectivity index (χ2n) is 13.3. The summed E-state index contributed by atoms with van der Waals surface area (Å²) in [5, 5.41) is 11.9. The molecule has 0 unspecified atom stereocenters. The van der Waals surface area contributed by atoms with Crippen LogP contribution in [-0.2, 0) is 24.0 Å². The normalized spacial score (nSPS) is 6.25. The van der Waals surface area contributed by atoms with E-state index in [-0.39, 0.29) is 37.0 Å². The predicted molar refractivity (Wildman–Crippen MR) is 476 cm³/mol. The third-order valence-corrected chi connectivity index (χ3v) is 7.09. The third kappa shape index (κ3) is 307. The second kappa shape index (κ2) is 219. The molecule has 0 aromatic heterocycles. The van der Waals surface area contributed by atoms with Crippen LogP contribution in [0.4, 0.5) is 0 Å². The first-order valence-corrected chi connectivity index (χ1v) is 37.3. The highest BCUT2D eigenvalue weighted by Gasteiger charge is 1.75. The topological polar surface area (TPSA) is 146 Å². The summed E-state index contributed by atoms with van der Waals surface area (Å²) in [7, 11) is 8.00. The van der Waals surface area contributed by atoms with Crippen LogP contribution in [0.2, 0.25) is 0 Å². The van der Waals surface area contributed by atoms with Crippen LogP contribution >= 0.6 is 0 Å². The first-order valence-electron chi connectivity index (χ1n) is 37.3. The first-order chi connectivity index (χ1) is 49.4. The molecule has 8 rings (SSSR count). The molecule has 0 saturated heterocycles. The quantitative estimate of drug-likeness (QED) is 0.103. The van der Waals surface area contributed by atoms with E-state index in [4.69, 9.17) is 0 Å². The molecule has 102 heavy (non-hydrogen) atoms. The molecule has 0 fully saturated rings. The minimum Gasteiger partial charge on any atom is -0.359 e. The summed E-state index contributed by atoms with van der Waals surface area (Å²) in [5.74, 6) is 0.0231. The fraction of sp³-hybridized carbons (Fsp3) is 0.424. The Morgan fingerprint density at radius 3 is 0.157 bits per heavy atom. The Morgan fingerprint density at radius 1 is 0.127 bits per heavy atom. The zero-order chi connectivity index (χ0) is 83.4. The van der Waals surface area contributed by atoms with E-state index in [1.54, 1.807) is 35.2 Å². The van der Waals surface area contributed by atoms with Gasteiger partial charge in [0.05, 0.1) is 0 Å². The third-order valence-electron chi connectivity index (χ3n) is 7.09. The number of carbonyl (C=O) groups excluding carboxylic acids is 5. The van der Waals surface area contributed by atoms with E-state index >= 15 is 0 Å². The monoisotopic (exact) mass is 1430 g/mol. The van der Waals surface area contributed by atoms with E-state index < -0.39 is 0 Å². The predicted octanol–water partition coefficient (Wildman–Crippen LogP) is 27.3. The molecule has 0 radical (unpaired) electrons. The minimum atomic E-state index is 0. The number of hydrogen-bond acceptors (Lipinski definition) is 5.